The Hall–Kier alpha value is -2.04. The Balaban J connectivity index is 2.69. The molecule has 0 saturated heterocycles. The van der Waals surface area contributed by atoms with Crippen LogP contribution in [0.15, 0.2) is 24.3 Å². The van der Waals surface area contributed by atoms with E-state index < -0.39 is 11.5 Å². The first-order valence-electron chi connectivity index (χ1n) is 7.51. The molecule has 0 aliphatic heterocycles. The molecule has 0 spiro atoms. The fourth-order valence-electron chi connectivity index (χ4n) is 2.13. The number of carbonyl (C=O) groups excluding carboxylic acids is 1. The Labute approximate surface area is 131 Å². The number of nitrogens with one attached hydrogen (secondary N) is 1. The smallest absolute Gasteiger partial charge is 0.305 e. The molecule has 122 valence electrons. The maximum absolute atomic E-state index is 12.2. The molecule has 1 aromatic rings. The van der Waals surface area contributed by atoms with E-state index in [1.165, 1.54) is 0 Å². The number of carboxylic acids is 1. The van der Waals surface area contributed by atoms with Crippen molar-refractivity contribution in [2.75, 3.05) is 6.61 Å². The lowest BCUT2D eigenvalue weighted by Gasteiger charge is -2.33. The zero-order chi connectivity index (χ0) is 16.8. The van der Waals surface area contributed by atoms with Crippen molar-refractivity contribution in [3.05, 3.63) is 29.8 Å². The van der Waals surface area contributed by atoms with Crippen LogP contribution in [0.5, 0.6) is 5.75 Å². The molecule has 2 N–H and O–H groups in total. The summed E-state index contributed by atoms with van der Waals surface area (Å²) in [5.41, 5.74) is 0.108. The van der Waals surface area contributed by atoms with Gasteiger partial charge in [-0.15, -0.1) is 0 Å². The summed E-state index contributed by atoms with van der Waals surface area (Å²) in [6, 6.07) is 7.33. The minimum absolute atomic E-state index is 0.0212. The van der Waals surface area contributed by atoms with Crippen LogP contribution in [0.25, 0.3) is 0 Å². The summed E-state index contributed by atoms with van der Waals surface area (Å²) in [6.45, 7) is 8.08. The van der Waals surface area contributed by atoms with Crippen molar-refractivity contribution in [1.29, 1.82) is 0 Å². The van der Waals surface area contributed by atoms with Gasteiger partial charge in [-0.05, 0) is 37.5 Å². The number of hydrogen-bond acceptors (Lipinski definition) is 3. The highest BCUT2D eigenvalue weighted by molar-refractivity contribution is 5.80. The van der Waals surface area contributed by atoms with Gasteiger partial charge in [-0.1, -0.05) is 26.0 Å². The van der Waals surface area contributed by atoms with E-state index >= 15 is 0 Å². The van der Waals surface area contributed by atoms with Crippen molar-refractivity contribution >= 4 is 11.9 Å². The standard InChI is InChI=1S/C17H25NO4/c1-5-22-14-8-6-13(7-9-14)10-15(19)18-17(4,12(2)3)11-16(20)21/h6-9,12H,5,10-11H2,1-4H3,(H,18,19)(H,20,21). The van der Waals surface area contributed by atoms with Crippen molar-refractivity contribution < 1.29 is 19.4 Å². The summed E-state index contributed by atoms with van der Waals surface area (Å²) in [6.07, 6.45) is 0.119. The van der Waals surface area contributed by atoms with E-state index in [1.807, 2.05) is 45.0 Å². The highest BCUT2D eigenvalue weighted by Crippen LogP contribution is 2.21. The van der Waals surface area contributed by atoms with Crippen molar-refractivity contribution in [3.63, 3.8) is 0 Å². The molecule has 0 radical (unpaired) electrons. The molecule has 5 nitrogen and oxygen atoms in total. The first kappa shape index (κ1) is 18.0. The molecule has 0 fully saturated rings. The van der Waals surface area contributed by atoms with Gasteiger partial charge >= 0.3 is 5.97 Å². The number of aliphatic carboxylic acids is 1. The fourth-order valence-corrected chi connectivity index (χ4v) is 2.13. The van der Waals surface area contributed by atoms with Gasteiger partial charge in [0.15, 0.2) is 0 Å². The van der Waals surface area contributed by atoms with E-state index in [-0.39, 0.29) is 24.7 Å². The summed E-state index contributed by atoms with van der Waals surface area (Å²) in [5, 5.41) is 11.9. The third kappa shape index (κ3) is 5.39. The number of amides is 1. The maximum atomic E-state index is 12.2. The molecule has 0 aliphatic rings. The molecule has 1 unspecified atom stereocenters. The number of benzene rings is 1. The van der Waals surface area contributed by atoms with Crippen LogP contribution in [-0.2, 0) is 16.0 Å². The Morgan fingerprint density at radius 2 is 1.86 bits per heavy atom. The summed E-state index contributed by atoms with van der Waals surface area (Å²) in [5.74, 6) is -0.309. The van der Waals surface area contributed by atoms with Crippen LogP contribution in [0.3, 0.4) is 0 Å². The second kappa shape index (κ2) is 7.82. The van der Waals surface area contributed by atoms with Gasteiger partial charge in [-0.2, -0.15) is 0 Å². The van der Waals surface area contributed by atoms with Gasteiger partial charge in [-0.3, -0.25) is 9.59 Å². The first-order chi connectivity index (χ1) is 10.3. The molecule has 1 rings (SSSR count). The molecule has 0 aromatic heterocycles. The largest absolute Gasteiger partial charge is 0.494 e. The SMILES string of the molecule is CCOc1ccc(CC(=O)NC(C)(CC(=O)O)C(C)C)cc1. The molecular weight excluding hydrogens is 282 g/mol. The third-order valence-electron chi connectivity index (χ3n) is 3.82. The van der Waals surface area contributed by atoms with E-state index in [9.17, 15) is 9.59 Å². The number of rotatable bonds is 8. The quantitative estimate of drug-likeness (QED) is 0.774. The molecule has 0 aliphatic carbocycles. The van der Waals surface area contributed by atoms with E-state index in [0.29, 0.717) is 6.61 Å². The van der Waals surface area contributed by atoms with Crippen LogP contribution in [0.2, 0.25) is 0 Å². The highest BCUT2D eigenvalue weighted by atomic mass is 16.5. The monoisotopic (exact) mass is 307 g/mol. The lowest BCUT2D eigenvalue weighted by molar-refractivity contribution is -0.139. The number of hydrogen-bond donors (Lipinski definition) is 2. The fraction of sp³-hybridized carbons (Fsp3) is 0.529. The van der Waals surface area contributed by atoms with Crippen LogP contribution >= 0.6 is 0 Å². The van der Waals surface area contributed by atoms with Crippen LogP contribution in [0.4, 0.5) is 0 Å². The molecule has 0 saturated carbocycles. The van der Waals surface area contributed by atoms with Gasteiger partial charge in [0.2, 0.25) is 5.91 Å². The normalized spacial score (nSPS) is 13.5. The Bertz CT molecular complexity index is 510. The van der Waals surface area contributed by atoms with Gasteiger partial charge in [0.25, 0.3) is 0 Å². The average Bonchev–Trinajstić information content (AvgIpc) is 2.40. The molecule has 1 aromatic carbocycles. The lowest BCUT2D eigenvalue weighted by atomic mass is 9.85. The second-order valence-corrected chi connectivity index (χ2v) is 5.94. The van der Waals surface area contributed by atoms with Crippen molar-refractivity contribution in [1.82, 2.24) is 5.32 Å². The highest BCUT2D eigenvalue weighted by Gasteiger charge is 2.32. The zero-order valence-corrected chi connectivity index (χ0v) is 13.7. The van der Waals surface area contributed by atoms with Gasteiger partial charge in [0.1, 0.15) is 5.75 Å². The van der Waals surface area contributed by atoms with Crippen LogP contribution in [0, 0.1) is 5.92 Å². The average molecular weight is 307 g/mol. The van der Waals surface area contributed by atoms with Gasteiger partial charge in [0.05, 0.1) is 19.4 Å². The van der Waals surface area contributed by atoms with Crippen molar-refractivity contribution in [2.45, 2.75) is 46.1 Å². The van der Waals surface area contributed by atoms with Crippen LogP contribution in [0.1, 0.15) is 39.7 Å². The van der Waals surface area contributed by atoms with Crippen LogP contribution in [-0.4, -0.2) is 29.1 Å². The van der Waals surface area contributed by atoms with Gasteiger partial charge in [0, 0.05) is 5.54 Å². The number of carboxylic acid groups (broad SMARTS) is 1. The molecule has 1 amide bonds. The minimum atomic E-state index is -0.919. The minimum Gasteiger partial charge on any atom is -0.494 e. The van der Waals surface area contributed by atoms with E-state index in [1.54, 1.807) is 6.92 Å². The predicted octanol–water partition coefficient (Wildman–Crippen LogP) is 2.63. The summed E-state index contributed by atoms with van der Waals surface area (Å²) < 4.78 is 5.36. The first-order valence-corrected chi connectivity index (χ1v) is 7.51. The third-order valence-corrected chi connectivity index (χ3v) is 3.82. The zero-order valence-electron chi connectivity index (χ0n) is 13.7. The summed E-state index contributed by atoms with van der Waals surface area (Å²) >= 11 is 0. The Kier molecular flexibility index (Phi) is 6.40. The maximum Gasteiger partial charge on any atom is 0.305 e. The molecular formula is C17H25NO4. The number of carbonyl (C=O) groups is 2. The van der Waals surface area contributed by atoms with Crippen molar-refractivity contribution in [3.8, 4) is 5.75 Å². The topological polar surface area (TPSA) is 75.6 Å². The van der Waals surface area contributed by atoms with E-state index in [4.69, 9.17) is 9.84 Å². The lowest BCUT2D eigenvalue weighted by Crippen LogP contribution is -2.51. The van der Waals surface area contributed by atoms with Gasteiger partial charge < -0.3 is 15.2 Å². The summed E-state index contributed by atoms with van der Waals surface area (Å²) in [4.78, 5) is 23.2. The molecule has 5 heteroatoms. The Morgan fingerprint density at radius 1 is 1.27 bits per heavy atom. The number of ether oxygens (including phenoxy) is 1. The van der Waals surface area contributed by atoms with Crippen molar-refractivity contribution in [2.24, 2.45) is 5.92 Å². The molecule has 22 heavy (non-hydrogen) atoms. The van der Waals surface area contributed by atoms with Crippen LogP contribution < -0.4 is 10.1 Å². The van der Waals surface area contributed by atoms with Gasteiger partial charge in [-0.25, -0.2) is 0 Å². The summed E-state index contributed by atoms with van der Waals surface area (Å²) in [7, 11) is 0. The molecule has 1 atom stereocenters. The molecule has 0 heterocycles. The second-order valence-electron chi connectivity index (χ2n) is 5.94. The molecule has 0 bridgehead atoms. The predicted molar refractivity (Wildman–Crippen MR) is 85.0 cm³/mol. The van der Waals surface area contributed by atoms with E-state index in [2.05, 4.69) is 5.32 Å². The van der Waals surface area contributed by atoms with E-state index in [0.717, 1.165) is 11.3 Å². The Morgan fingerprint density at radius 3 is 2.32 bits per heavy atom.